The van der Waals surface area contributed by atoms with Gasteiger partial charge in [-0.2, -0.15) is 5.10 Å². The summed E-state index contributed by atoms with van der Waals surface area (Å²) in [5.41, 5.74) is 8.17. The lowest BCUT2D eigenvalue weighted by molar-refractivity contribution is 0.0741. The summed E-state index contributed by atoms with van der Waals surface area (Å²) in [5, 5.41) is 5.62. The van der Waals surface area contributed by atoms with Gasteiger partial charge in [0.05, 0.1) is 23.3 Å². The van der Waals surface area contributed by atoms with Crippen molar-refractivity contribution in [3.8, 4) is 0 Å². The zero-order chi connectivity index (χ0) is 21.2. The van der Waals surface area contributed by atoms with Gasteiger partial charge in [0, 0.05) is 46.1 Å². The van der Waals surface area contributed by atoms with Gasteiger partial charge in [-0.15, -0.1) is 11.8 Å². The number of carbonyl (C=O) groups excluding carboxylic acids is 1. The van der Waals surface area contributed by atoms with E-state index in [0.29, 0.717) is 16.4 Å². The average molecular weight is 486 g/mol. The number of nitrogens with two attached hydrogens (primary N) is 1. The lowest BCUT2D eigenvalue weighted by atomic mass is 10.0. The van der Waals surface area contributed by atoms with Crippen LogP contribution in [0.2, 0.25) is 0 Å². The molecule has 30 heavy (non-hydrogen) atoms. The Morgan fingerprint density at radius 1 is 1.33 bits per heavy atom. The minimum atomic E-state index is -0.615. The van der Waals surface area contributed by atoms with Gasteiger partial charge in [0.15, 0.2) is 0 Å². The van der Waals surface area contributed by atoms with Crippen molar-refractivity contribution in [2.24, 2.45) is 7.05 Å². The molecule has 4 aromatic rings. The van der Waals surface area contributed by atoms with E-state index in [1.807, 2.05) is 18.2 Å². The van der Waals surface area contributed by atoms with Crippen LogP contribution in [0.25, 0.3) is 21.8 Å². The summed E-state index contributed by atoms with van der Waals surface area (Å²) in [7, 11) is 3.48. The second-order valence-electron chi connectivity index (χ2n) is 7.30. The van der Waals surface area contributed by atoms with Gasteiger partial charge < -0.3 is 10.6 Å². The molecule has 1 atom stereocenters. The van der Waals surface area contributed by atoms with Crippen molar-refractivity contribution in [1.82, 2.24) is 19.7 Å². The number of thioether (sulfide) groups is 1. The van der Waals surface area contributed by atoms with E-state index in [0.717, 1.165) is 26.1 Å². The molecule has 1 aliphatic heterocycles. The van der Waals surface area contributed by atoms with Gasteiger partial charge in [-0.05, 0) is 23.8 Å². The summed E-state index contributed by atoms with van der Waals surface area (Å²) in [5.74, 6) is 0.0217. The number of aromatic nitrogens is 3. The van der Waals surface area contributed by atoms with E-state index in [1.54, 1.807) is 47.7 Å². The van der Waals surface area contributed by atoms with Crippen LogP contribution in [0.3, 0.4) is 0 Å². The smallest absolute Gasteiger partial charge is 0.257 e. The fourth-order valence-electron chi connectivity index (χ4n) is 3.97. The number of hydrogen-bond donors (Lipinski definition) is 1. The molecule has 0 fully saturated rings. The van der Waals surface area contributed by atoms with Gasteiger partial charge in [-0.25, -0.2) is 9.37 Å². The van der Waals surface area contributed by atoms with Crippen LogP contribution < -0.4 is 5.73 Å². The van der Waals surface area contributed by atoms with Crippen LogP contribution in [0, 0.1) is 5.82 Å². The van der Waals surface area contributed by atoms with Gasteiger partial charge in [-0.3, -0.25) is 9.48 Å². The van der Waals surface area contributed by atoms with Gasteiger partial charge in [0.1, 0.15) is 17.2 Å². The Labute approximate surface area is 184 Å². The van der Waals surface area contributed by atoms with Crippen molar-refractivity contribution in [2.75, 3.05) is 18.5 Å². The first-order chi connectivity index (χ1) is 14.3. The number of carbonyl (C=O) groups is 1. The second-order valence-corrected chi connectivity index (χ2v) is 9.28. The molecule has 6 nitrogen and oxygen atoms in total. The largest absolute Gasteiger partial charge is 0.382 e. The first-order valence-corrected chi connectivity index (χ1v) is 11.0. The number of aryl methyl sites for hydroxylation is 1. The van der Waals surface area contributed by atoms with Crippen molar-refractivity contribution in [3.05, 3.63) is 57.9 Å². The third-order valence-corrected chi connectivity index (χ3v) is 7.19. The molecule has 5 rings (SSSR count). The molecule has 0 bridgehead atoms. The van der Waals surface area contributed by atoms with Crippen LogP contribution in [0.15, 0.2) is 45.9 Å². The number of benzene rings is 2. The molecular weight excluding hydrogens is 469 g/mol. The number of nitrogens with zero attached hydrogens (tertiary/aromatic N) is 4. The topological polar surface area (TPSA) is 77.0 Å². The maximum Gasteiger partial charge on any atom is 0.257 e. The Kier molecular flexibility index (Phi) is 4.48. The maximum atomic E-state index is 14.9. The third-order valence-electron chi connectivity index (χ3n) is 5.55. The summed E-state index contributed by atoms with van der Waals surface area (Å²) < 4.78 is 17.6. The molecule has 0 spiro atoms. The molecule has 2 aromatic heterocycles. The van der Waals surface area contributed by atoms with Gasteiger partial charge in [-0.1, -0.05) is 22.0 Å². The highest BCUT2D eigenvalue weighted by molar-refractivity contribution is 9.10. The molecule has 0 saturated heterocycles. The molecule has 0 radical (unpaired) electrons. The molecular formula is C21H17BrFN5OS. The van der Waals surface area contributed by atoms with E-state index in [-0.39, 0.29) is 23.3 Å². The number of amides is 1. The van der Waals surface area contributed by atoms with Crippen molar-refractivity contribution in [1.29, 1.82) is 0 Å². The normalized spacial score (nSPS) is 15.7. The molecule has 1 amide bonds. The van der Waals surface area contributed by atoms with Gasteiger partial charge >= 0.3 is 0 Å². The van der Waals surface area contributed by atoms with E-state index in [9.17, 15) is 9.18 Å². The van der Waals surface area contributed by atoms with Crippen LogP contribution in [-0.4, -0.2) is 38.4 Å². The minimum absolute atomic E-state index is 0.0114. The quantitative estimate of drug-likeness (QED) is 0.451. The minimum Gasteiger partial charge on any atom is -0.382 e. The molecule has 2 aromatic carbocycles. The molecule has 0 unspecified atom stereocenters. The fourth-order valence-corrected chi connectivity index (χ4v) is 5.81. The Morgan fingerprint density at radius 2 is 2.13 bits per heavy atom. The van der Waals surface area contributed by atoms with Crippen molar-refractivity contribution in [3.63, 3.8) is 0 Å². The Bertz CT molecular complexity index is 1350. The highest BCUT2D eigenvalue weighted by Gasteiger charge is 2.31. The van der Waals surface area contributed by atoms with Crippen molar-refractivity contribution >= 4 is 61.2 Å². The molecule has 1 aliphatic rings. The number of halogens is 2. The Balaban J connectivity index is 1.59. The Hall–Kier alpha value is -2.65. The highest BCUT2D eigenvalue weighted by Crippen LogP contribution is 2.42. The molecule has 9 heteroatoms. The standard InChI is InChI=1S/C21H17BrFN5OS/c1-27(17-9-30-18-5-10(22)3-4-11(17)18)21(29)13-6-12-14-8-25-28(2)19(14)20(24)26-16(12)7-15(13)23/h3-8,17H,9H2,1-2H3,(H2,24,26)/t17-/m1/s1. The number of anilines is 1. The van der Waals surface area contributed by atoms with E-state index >= 15 is 0 Å². The van der Waals surface area contributed by atoms with Crippen LogP contribution in [0.1, 0.15) is 22.0 Å². The third kappa shape index (κ3) is 2.87. The summed E-state index contributed by atoms with van der Waals surface area (Å²) in [6.07, 6.45) is 1.66. The summed E-state index contributed by atoms with van der Waals surface area (Å²) in [6.45, 7) is 0. The molecule has 3 heterocycles. The van der Waals surface area contributed by atoms with Crippen molar-refractivity contribution in [2.45, 2.75) is 10.9 Å². The predicted molar refractivity (Wildman–Crippen MR) is 120 cm³/mol. The number of pyridine rings is 1. The number of fused-ring (bicyclic) bond motifs is 4. The molecule has 0 saturated carbocycles. The Morgan fingerprint density at radius 3 is 2.93 bits per heavy atom. The molecule has 2 N–H and O–H groups in total. The van der Waals surface area contributed by atoms with Crippen LogP contribution >= 0.6 is 27.7 Å². The molecule has 152 valence electrons. The summed E-state index contributed by atoms with van der Waals surface area (Å²) >= 11 is 5.17. The monoisotopic (exact) mass is 485 g/mol. The average Bonchev–Trinajstić information content (AvgIpc) is 3.30. The van der Waals surface area contributed by atoms with Gasteiger partial charge in [0.25, 0.3) is 5.91 Å². The molecule has 0 aliphatic carbocycles. The lowest BCUT2D eigenvalue weighted by Gasteiger charge is -2.25. The fraction of sp³-hybridized carbons (Fsp3) is 0.190. The van der Waals surface area contributed by atoms with E-state index in [4.69, 9.17) is 5.73 Å². The van der Waals surface area contributed by atoms with E-state index in [2.05, 4.69) is 26.0 Å². The second kappa shape index (κ2) is 6.95. The predicted octanol–water partition coefficient (Wildman–Crippen LogP) is 4.52. The van der Waals surface area contributed by atoms with E-state index < -0.39 is 5.82 Å². The van der Waals surface area contributed by atoms with E-state index in [1.165, 1.54) is 6.07 Å². The maximum absolute atomic E-state index is 14.9. The van der Waals surface area contributed by atoms with Crippen LogP contribution in [0.5, 0.6) is 0 Å². The highest BCUT2D eigenvalue weighted by atomic mass is 79.9. The van der Waals surface area contributed by atoms with Crippen molar-refractivity contribution < 1.29 is 9.18 Å². The number of hydrogen-bond acceptors (Lipinski definition) is 5. The first kappa shape index (κ1) is 19.3. The lowest BCUT2D eigenvalue weighted by Crippen LogP contribution is -2.32. The van der Waals surface area contributed by atoms with Crippen LogP contribution in [-0.2, 0) is 7.05 Å². The SMILES string of the molecule is CN(C(=O)c1cc2c(cc1F)nc(N)c1c2cnn1C)[C@@H]1CSc2cc(Br)ccc21. The van der Waals surface area contributed by atoms with Gasteiger partial charge in [0.2, 0.25) is 0 Å². The zero-order valence-corrected chi connectivity index (χ0v) is 18.6. The summed E-state index contributed by atoms with van der Waals surface area (Å²) in [4.78, 5) is 20.3. The zero-order valence-electron chi connectivity index (χ0n) is 16.2. The first-order valence-electron chi connectivity index (χ1n) is 9.25. The van der Waals surface area contributed by atoms with Crippen LogP contribution in [0.4, 0.5) is 10.2 Å². The summed E-state index contributed by atoms with van der Waals surface area (Å²) in [6, 6.07) is 8.73. The number of nitrogen functional groups attached to an aromatic ring is 1. The number of rotatable bonds is 2.